The van der Waals surface area contributed by atoms with E-state index in [0.717, 1.165) is 17.3 Å². The molecule has 2 N–H and O–H groups in total. The lowest BCUT2D eigenvalue weighted by Gasteiger charge is -2.12. The lowest BCUT2D eigenvalue weighted by atomic mass is 10.1. The van der Waals surface area contributed by atoms with Gasteiger partial charge in [-0.05, 0) is 45.0 Å². The van der Waals surface area contributed by atoms with Crippen LogP contribution in [0.25, 0.3) is 10.9 Å². The molecule has 0 saturated carbocycles. The minimum atomic E-state index is -0.299. The van der Waals surface area contributed by atoms with Crippen LogP contribution in [-0.4, -0.2) is 28.9 Å². The number of carbonyl (C=O) groups excluding carboxylic acids is 1. The topological polar surface area (TPSA) is 70.1 Å². The van der Waals surface area contributed by atoms with Crippen molar-refractivity contribution in [2.24, 2.45) is 5.73 Å². The van der Waals surface area contributed by atoms with Gasteiger partial charge in [-0.3, -0.25) is 4.68 Å². The normalized spacial score (nSPS) is 11.9. The van der Waals surface area contributed by atoms with Gasteiger partial charge in [0.2, 0.25) is 0 Å². The third-order valence-corrected chi connectivity index (χ3v) is 3.11. The molecule has 0 aliphatic heterocycles. The van der Waals surface area contributed by atoms with Gasteiger partial charge in [0.05, 0.1) is 29.9 Å². The predicted molar refractivity (Wildman–Crippen MR) is 81.3 cm³/mol. The summed E-state index contributed by atoms with van der Waals surface area (Å²) in [5, 5.41) is 5.31. The number of benzene rings is 1. The number of carbonyl (C=O) groups is 1. The smallest absolute Gasteiger partial charge is 0.338 e. The van der Waals surface area contributed by atoms with Crippen molar-refractivity contribution < 1.29 is 9.53 Å². The zero-order chi connectivity index (χ0) is 13.8. The molecule has 0 amide bonds. The number of esters is 1. The Labute approximate surface area is 124 Å². The van der Waals surface area contributed by atoms with E-state index < -0.39 is 0 Å². The average Bonchev–Trinajstić information content (AvgIpc) is 2.82. The summed E-state index contributed by atoms with van der Waals surface area (Å²) in [6.45, 7) is 4.88. The molecule has 0 radical (unpaired) electrons. The highest BCUT2D eigenvalue weighted by Gasteiger charge is 2.12. The molecule has 6 heteroatoms. The number of nitrogens with zero attached hydrogens (tertiary/aromatic N) is 2. The molecule has 2 rings (SSSR count). The van der Waals surface area contributed by atoms with Gasteiger partial charge in [0.1, 0.15) is 0 Å². The SMILES string of the molecule is CCOC(=O)c1ccc2c(cnn2[C@H](C)CCN)c1.Cl. The van der Waals surface area contributed by atoms with Crippen LogP contribution in [0.2, 0.25) is 0 Å². The molecule has 0 bridgehead atoms. The van der Waals surface area contributed by atoms with E-state index >= 15 is 0 Å². The quantitative estimate of drug-likeness (QED) is 0.861. The summed E-state index contributed by atoms with van der Waals surface area (Å²) < 4.78 is 6.93. The van der Waals surface area contributed by atoms with Gasteiger partial charge in [0.25, 0.3) is 0 Å². The first-order valence-electron chi connectivity index (χ1n) is 6.51. The molecular weight excluding hydrogens is 278 g/mol. The van der Waals surface area contributed by atoms with Gasteiger partial charge in [-0.1, -0.05) is 0 Å². The van der Waals surface area contributed by atoms with Crippen LogP contribution in [0.5, 0.6) is 0 Å². The number of aromatic nitrogens is 2. The van der Waals surface area contributed by atoms with Crippen LogP contribution in [0.1, 0.15) is 36.7 Å². The maximum Gasteiger partial charge on any atom is 0.338 e. The molecule has 110 valence electrons. The number of hydrogen-bond donors (Lipinski definition) is 1. The van der Waals surface area contributed by atoms with Crippen LogP contribution in [0.15, 0.2) is 24.4 Å². The Morgan fingerprint density at radius 2 is 2.25 bits per heavy atom. The molecular formula is C14H20ClN3O2. The minimum Gasteiger partial charge on any atom is -0.462 e. The first kappa shape index (κ1) is 16.5. The van der Waals surface area contributed by atoms with E-state index in [1.54, 1.807) is 19.2 Å². The van der Waals surface area contributed by atoms with Crippen molar-refractivity contribution >= 4 is 29.3 Å². The standard InChI is InChI=1S/C14H19N3O2.ClH/c1-3-19-14(18)11-4-5-13-12(8-11)9-16-17(13)10(2)6-7-15;/h4-5,8-10H,3,6-7,15H2,1-2H3;1H/t10-;/m1./s1. The molecule has 0 spiro atoms. The molecule has 0 saturated heterocycles. The van der Waals surface area contributed by atoms with Crippen molar-refractivity contribution in [1.29, 1.82) is 0 Å². The van der Waals surface area contributed by atoms with E-state index in [1.165, 1.54) is 0 Å². The summed E-state index contributed by atoms with van der Waals surface area (Å²) in [5.41, 5.74) is 7.14. The Bertz CT molecular complexity index is 583. The van der Waals surface area contributed by atoms with Crippen LogP contribution >= 0.6 is 12.4 Å². The van der Waals surface area contributed by atoms with Crippen molar-refractivity contribution in [2.75, 3.05) is 13.2 Å². The van der Waals surface area contributed by atoms with E-state index in [-0.39, 0.29) is 24.4 Å². The molecule has 0 fully saturated rings. The lowest BCUT2D eigenvalue weighted by molar-refractivity contribution is 0.0526. The maximum atomic E-state index is 11.7. The zero-order valence-corrected chi connectivity index (χ0v) is 12.5. The summed E-state index contributed by atoms with van der Waals surface area (Å²) in [4.78, 5) is 11.7. The van der Waals surface area contributed by atoms with Gasteiger partial charge in [-0.15, -0.1) is 12.4 Å². The second-order valence-electron chi connectivity index (χ2n) is 4.51. The minimum absolute atomic E-state index is 0. The number of halogens is 1. The van der Waals surface area contributed by atoms with Gasteiger partial charge >= 0.3 is 5.97 Å². The fraction of sp³-hybridized carbons (Fsp3) is 0.429. The van der Waals surface area contributed by atoms with Crippen LogP contribution < -0.4 is 5.73 Å². The van der Waals surface area contributed by atoms with Crippen molar-refractivity contribution in [1.82, 2.24) is 9.78 Å². The molecule has 1 atom stereocenters. The van der Waals surface area contributed by atoms with Crippen molar-refractivity contribution in [3.63, 3.8) is 0 Å². The number of ether oxygens (including phenoxy) is 1. The number of fused-ring (bicyclic) bond motifs is 1. The van der Waals surface area contributed by atoms with E-state index in [9.17, 15) is 4.79 Å². The van der Waals surface area contributed by atoms with Gasteiger partial charge in [-0.2, -0.15) is 5.10 Å². The largest absolute Gasteiger partial charge is 0.462 e. The summed E-state index contributed by atoms with van der Waals surface area (Å²) in [7, 11) is 0. The highest BCUT2D eigenvalue weighted by atomic mass is 35.5. The lowest BCUT2D eigenvalue weighted by Crippen LogP contribution is -2.12. The number of rotatable bonds is 5. The molecule has 1 heterocycles. The first-order valence-corrected chi connectivity index (χ1v) is 6.51. The molecule has 0 unspecified atom stereocenters. The fourth-order valence-corrected chi connectivity index (χ4v) is 2.11. The van der Waals surface area contributed by atoms with Crippen LogP contribution in [-0.2, 0) is 4.74 Å². The van der Waals surface area contributed by atoms with Gasteiger partial charge in [-0.25, -0.2) is 4.79 Å². The van der Waals surface area contributed by atoms with Crippen LogP contribution in [0.4, 0.5) is 0 Å². The second-order valence-corrected chi connectivity index (χ2v) is 4.51. The zero-order valence-electron chi connectivity index (χ0n) is 11.7. The van der Waals surface area contributed by atoms with Crippen molar-refractivity contribution in [2.45, 2.75) is 26.3 Å². The van der Waals surface area contributed by atoms with E-state index in [1.807, 2.05) is 16.8 Å². The Balaban J connectivity index is 0.00000200. The monoisotopic (exact) mass is 297 g/mol. The molecule has 20 heavy (non-hydrogen) atoms. The third-order valence-electron chi connectivity index (χ3n) is 3.11. The Morgan fingerprint density at radius 1 is 1.50 bits per heavy atom. The van der Waals surface area contributed by atoms with E-state index in [2.05, 4.69) is 12.0 Å². The highest BCUT2D eigenvalue weighted by Crippen LogP contribution is 2.21. The van der Waals surface area contributed by atoms with Gasteiger partial charge < -0.3 is 10.5 Å². The highest BCUT2D eigenvalue weighted by molar-refractivity contribution is 5.94. The third kappa shape index (κ3) is 3.29. The molecule has 1 aromatic heterocycles. The first-order chi connectivity index (χ1) is 9.17. The predicted octanol–water partition coefficient (Wildman–Crippen LogP) is 2.54. The van der Waals surface area contributed by atoms with Gasteiger partial charge in [0, 0.05) is 5.39 Å². The number of hydrogen-bond acceptors (Lipinski definition) is 4. The van der Waals surface area contributed by atoms with Crippen LogP contribution in [0.3, 0.4) is 0 Å². The van der Waals surface area contributed by atoms with Gasteiger partial charge in [0.15, 0.2) is 0 Å². The summed E-state index contributed by atoms with van der Waals surface area (Å²) >= 11 is 0. The molecule has 0 aliphatic carbocycles. The Hall–Kier alpha value is -1.59. The Morgan fingerprint density at radius 3 is 2.90 bits per heavy atom. The molecule has 0 aliphatic rings. The fourth-order valence-electron chi connectivity index (χ4n) is 2.11. The van der Waals surface area contributed by atoms with Crippen LogP contribution in [0, 0.1) is 0 Å². The van der Waals surface area contributed by atoms with E-state index in [0.29, 0.717) is 18.7 Å². The van der Waals surface area contributed by atoms with Crippen molar-refractivity contribution in [3.05, 3.63) is 30.0 Å². The summed E-state index contributed by atoms with van der Waals surface area (Å²) in [5.74, 6) is -0.299. The molecule has 5 nitrogen and oxygen atoms in total. The summed E-state index contributed by atoms with van der Waals surface area (Å²) in [6, 6.07) is 5.73. The molecule has 1 aromatic carbocycles. The summed E-state index contributed by atoms with van der Waals surface area (Å²) in [6.07, 6.45) is 2.64. The average molecular weight is 298 g/mol. The van der Waals surface area contributed by atoms with Crippen molar-refractivity contribution in [3.8, 4) is 0 Å². The molecule has 2 aromatic rings. The van der Waals surface area contributed by atoms with E-state index in [4.69, 9.17) is 10.5 Å². The second kappa shape index (κ2) is 7.26. The maximum absolute atomic E-state index is 11.7. The Kier molecular flexibility index (Phi) is 5.98. The number of nitrogens with two attached hydrogens (primary N) is 1.